The molecule has 4 rings (SSSR count). The van der Waals surface area contributed by atoms with E-state index in [4.69, 9.17) is 9.73 Å². The molecule has 0 atom stereocenters. The summed E-state index contributed by atoms with van der Waals surface area (Å²) in [6.07, 6.45) is 1.92. The monoisotopic (exact) mass is 456 g/mol. The molecule has 0 N–H and O–H groups in total. The number of hydrogen-bond donors (Lipinski definition) is 0. The molecule has 33 heavy (non-hydrogen) atoms. The van der Waals surface area contributed by atoms with E-state index in [1.54, 1.807) is 4.90 Å². The van der Waals surface area contributed by atoms with Crippen LogP contribution in [0.4, 0.5) is 5.69 Å². The molecular formula is C28H28N2O2S. The van der Waals surface area contributed by atoms with Crippen molar-refractivity contribution in [2.24, 2.45) is 4.99 Å². The van der Waals surface area contributed by atoms with E-state index in [1.807, 2.05) is 75.4 Å². The molecule has 3 aromatic carbocycles. The van der Waals surface area contributed by atoms with Crippen molar-refractivity contribution in [2.75, 3.05) is 6.54 Å². The van der Waals surface area contributed by atoms with Gasteiger partial charge >= 0.3 is 0 Å². The van der Waals surface area contributed by atoms with Crippen LogP contribution in [0, 0.1) is 20.8 Å². The second-order valence-electron chi connectivity index (χ2n) is 8.14. The van der Waals surface area contributed by atoms with Gasteiger partial charge in [0.2, 0.25) is 0 Å². The van der Waals surface area contributed by atoms with Crippen molar-refractivity contribution in [3.63, 3.8) is 0 Å². The Morgan fingerprint density at radius 2 is 1.67 bits per heavy atom. The summed E-state index contributed by atoms with van der Waals surface area (Å²) in [5.41, 5.74) is 6.46. The zero-order valence-electron chi connectivity index (χ0n) is 19.5. The topological polar surface area (TPSA) is 41.9 Å². The van der Waals surface area contributed by atoms with Crippen LogP contribution in [0.3, 0.4) is 0 Å². The highest BCUT2D eigenvalue weighted by Gasteiger charge is 2.32. The molecule has 0 aliphatic carbocycles. The van der Waals surface area contributed by atoms with Gasteiger partial charge < -0.3 is 4.74 Å². The number of carbonyl (C=O) groups excluding carboxylic acids is 1. The zero-order chi connectivity index (χ0) is 23.4. The van der Waals surface area contributed by atoms with Gasteiger partial charge in [-0.2, -0.15) is 0 Å². The third kappa shape index (κ3) is 5.37. The van der Waals surface area contributed by atoms with Crippen molar-refractivity contribution in [3.05, 3.63) is 99.5 Å². The molecule has 0 radical (unpaired) electrons. The summed E-state index contributed by atoms with van der Waals surface area (Å²) < 4.78 is 5.91. The van der Waals surface area contributed by atoms with Crippen molar-refractivity contribution in [2.45, 2.75) is 34.3 Å². The summed E-state index contributed by atoms with van der Waals surface area (Å²) in [6, 6.07) is 22.2. The van der Waals surface area contributed by atoms with Crippen molar-refractivity contribution >= 4 is 34.6 Å². The largest absolute Gasteiger partial charge is 0.489 e. The fourth-order valence-electron chi connectivity index (χ4n) is 3.73. The maximum absolute atomic E-state index is 13.0. The van der Waals surface area contributed by atoms with Gasteiger partial charge in [0.25, 0.3) is 5.91 Å². The lowest BCUT2D eigenvalue weighted by Gasteiger charge is -2.13. The third-order valence-electron chi connectivity index (χ3n) is 5.52. The Bertz CT molecular complexity index is 1210. The Morgan fingerprint density at radius 1 is 0.970 bits per heavy atom. The summed E-state index contributed by atoms with van der Waals surface area (Å²) in [6.45, 7) is 9.25. The number of para-hydroxylation sites is 1. The van der Waals surface area contributed by atoms with E-state index in [2.05, 4.69) is 25.1 Å². The summed E-state index contributed by atoms with van der Waals surface area (Å²) in [4.78, 5) is 20.3. The SMILES string of the molecule is CCN1C(=O)/C(=C\c2ccc(OCc3cccc(C)c3)cc2)SC1=Nc1c(C)cccc1C. The fraction of sp³-hybridized carbons (Fsp3) is 0.214. The standard InChI is InChI=1S/C28H28N2O2S/c1-5-30-27(31)25(33-28(30)29-26-20(3)9-7-10-21(26)4)17-22-12-14-24(15-13-22)32-18-23-11-6-8-19(2)16-23/h6-17H,5,18H2,1-4H3/b25-17+,29-28?. The number of nitrogens with zero attached hydrogens (tertiary/aromatic N) is 2. The first-order valence-corrected chi connectivity index (χ1v) is 11.9. The Hall–Kier alpha value is -3.31. The molecule has 0 unspecified atom stereocenters. The molecule has 0 spiro atoms. The highest BCUT2D eigenvalue weighted by molar-refractivity contribution is 8.18. The molecule has 0 bridgehead atoms. The minimum absolute atomic E-state index is 0.00717. The second-order valence-corrected chi connectivity index (χ2v) is 9.15. The number of thioether (sulfide) groups is 1. The van der Waals surface area contributed by atoms with E-state index in [9.17, 15) is 4.79 Å². The van der Waals surface area contributed by atoms with E-state index in [0.29, 0.717) is 18.1 Å². The fourth-order valence-corrected chi connectivity index (χ4v) is 4.78. The van der Waals surface area contributed by atoms with Crippen LogP contribution in [0.15, 0.2) is 76.6 Å². The molecule has 0 saturated carbocycles. The number of ether oxygens (including phenoxy) is 1. The number of hydrogen-bond acceptors (Lipinski definition) is 4. The molecule has 3 aromatic rings. The van der Waals surface area contributed by atoms with Gasteiger partial charge in [0.1, 0.15) is 12.4 Å². The normalized spacial score (nSPS) is 16.1. The smallest absolute Gasteiger partial charge is 0.266 e. The number of rotatable bonds is 6. The molecule has 1 aliphatic heterocycles. The Balaban J connectivity index is 1.50. The number of aryl methyl sites for hydroxylation is 3. The highest BCUT2D eigenvalue weighted by atomic mass is 32.2. The van der Waals surface area contributed by atoms with Gasteiger partial charge in [-0.15, -0.1) is 0 Å². The van der Waals surface area contributed by atoms with Gasteiger partial charge in [-0.25, -0.2) is 4.99 Å². The van der Waals surface area contributed by atoms with Crippen molar-refractivity contribution < 1.29 is 9.53 Å². The molecule has 0 aromatic heterocycles. The van der Waals surface area contributed by atoms with E-state index < -0.39 is 0 Å². The average Bonchev–Trinajstić information content (AvgIpc) is 3.10. The molecule has 1 aliphatic rings. The molecule has 5 heteroatoms. The predicted octanol–water partition coefficient (Wildman–Crippen LogP) is 6.81. The minimum Gasteiger partial charge on any atom is -0.489 e. The molecule has 4 nitrogen and oxygen atoms in total. The van der Waals surface area contributed by atoms with Crippen LogP contribution in [-0.4, -0.2) is 22.5 Å². The van der Waals surface area contributed by atoms with Crippen LogP contribution < -0.4 is 4.74 Å². The van der Waals surface area contributed by atoms with Gasteiger partial charge in [-0.05, 0) is 79.9 Å². The first-order chi connectivity index (χ1) is 15.9. The lowest BCUT2D eigenvalue weighted by Crippen LogP contribution is -2.28. The zero-order valence-corrected chi connectivity index (χ0v) is 20.3. The quantitative estimate of drug-likeness (QED) is 0.382. The van der Waals surface area contributed by atoms with E-state index in [1.165, 1.54) is 17.3 Å². The number of amidine groups is 1. The first kappa shape index (κ1) is 22.9. The predicted molar refractivity (Wildman–Crippen MR) is 138 cm³/mol. The number of likely N-dealkylation sites (N-methyl/N-ethyl adjacent to an activating group) is 1. The molecule has 168 valence electrons. The Labute approximate surface area is 200 Å². The van der Waals surface area contributed by atoms with Gasteiger partial charge in [0, 0.05) is 6.54 Å². The molecule has 1 amide bonds. The van der Waals surface area contributed by atoms with Crippen molar-refractivity contribution in [1.29, 1.82) is 0 Å². The van der Waals surface area contributed by atoms with Gasteiger partial charge in [0.15, 0.2) is 5.17 Å². The average molecular weight is 457 g/mol. The molecular weight excluding hydrogens is 428 g/mol. The van der Waals surface area contributed by atoms with Crippen LogP contribution in [0.25, 0.3) is 6.08 Å². The summed E-state index contributed by atoms with van der Waals surface area (Å²) in [7, 11) is 0. The number of benzene rings is 3. The van der Waals surface area contributed by atoms with Crippen molar-refractivity contribution in [3.8, 4) is 5.75 Å². The first-order valence-electron chi connectivity index (χ1n) is 11.1. The van der Waals surface area contributed by atoms with E-state index in [0.717, 1.165) is 38.9 Å². The van der Waals surface area contributed by atoms with Gasteiger partial charge in [-0.3, -0.25) is 9.69 Å². The summed E-state index contributed by atoms with van der Waals surface area (Å²) in [5.74, 6) is 0.795. The van der Waals surface area contributed by atoms with Crippen LogP contribution in [-0.2, 0) is 11.4 Å². The van der Waals surface area contributed by atoms with Crippen LogP contribution in [0.2, 0.25) is 0 Å². The minimum atomic E-state index is -0.00717. The summed E-state index contributed by atoms with van der Waals surface area (Å²) in [5, 5.41) is 0.726. The molecule has 1 heterocycles. The lowest BCUT2D eigenvalue weighted by atomic mass is 10.1. The van der Waals surface area contributed by atoms with Gasteiger partial charge in [0.05, 0.1) is 10.6 Å². The van der Waals surface area contributed by atoms with E-state index in [-0.39, 0.29) is 5.91 Å². The third-order valence-corrected chi connectivity index (χ3v) is 6.52. The lowest BCUT2D eigenvalue weighted by molar-refractivity contribution is -0.122. The second kappa shape index (κ2) is 10.1. The van der Waals surface area contributed by atoms with Crippen LogP contribution in [0.1, 0.15) is 34.7 Å². The number of aliphatic imine (C=N–C) groups is 1. The maximum atomic E-state index is 13.0. The molecule has 1 fully saturated rings. The van der Waals surface area contributed by atoms with Gasteiger partial charge in [-0.1, -0.05) is 60.2 Å². The Morgan fingerprint density at radius 3 is 2.33 bits per heavy atom. The highest BCUT2D eigenvalue weighted by Crippen LogP contribution is 2.35. The van der Waals surface area contributed by atoms with Crippen LogP contribution in [0.5, 0.6) is 5.75 Å². The molecule has 1 saturated heterocycles. The maximum Gasteiger partial charge on any atom is 0.266 e. The van der Waals surface area contributed by atoms with Crippen LogP contribution >= 0.6 is 11.8 Å². The number of amides is 1. The summed E-state index contributed by atoms with van der Waals surface area (Å²) >= 11 is 1.43. The van der Waals surface area contributed by atoms with Crippen molar-refractivity contribution in [1.82, 2.24) is 4.90 Å². The van der Waals surface area contributed by atoms with E-state index >= 15 is 0 Å². The Kier molecular flexibility index (Phi) is 6.99. The number of carbonyl (C=O) groups is 1.